The predicted octanol–water partition coefficient (Wildman–Crippen LogP) is 0.996. The van der Waals surface area contributed by atoms with Crippen molar-refractivity contribution in [2.24, 2.45) is 11.8 Å². The Balaban J connectivity index is 1.98. The standard InChI is InChI=1S/C14H24N2O4/c1-10-8-15(9-12(10)13(18)19)14(20)16(6-3-7-17)11-4-2-5-11/h10-12,17H,2-9H2,1H3,(H,18,19)/t10-,12-/m1/s1. The minimum atomic E-state index is -0.821. The highest BCUT2D eigenvalue weighted by molar-refractivity contribution is 5.78. The molecule has 20 heavy (non-hydrogen) atoms. The van der Waals surface area contributed by atoms with Crippen LogP contribution in [-0.4, -0.2) is 64.3 Å². The van der Waals surface area contributed by atoms with Gasteiger partial charge in [-0.3, -0.25) is 4.79 Å². The molecule has 2 amide bonds. The van der Waals surface area contributed by atoms with Crippen LogP contribution in [0.1, 0.15) is 32.6 Å². The van der Waals surface area contributed by atoms with Crippen LogP contribution in [0.3, 0.4) is 0 Å². The third-order valence-corrected chi connectivity index (χ3v) is 4.52. The smallest absolute Gasteiger partial charge is 0.320 e. The van der Waals surface area contributed by atoms with E-state index in [1.54, 1.807) is 4.90 Å². The van der Waals surface area contributed by atoms with Crippen molar-refractivity contribution in [2.45, 2.75) is 38.6 Å². The monoisotopic (exact) mass is 284 g/mol. The number of hydrogen-bond acceptors (Lipinski definition) is 3. The number of nitrogens with zero attached hydrogens (tertiary/aromatic N) is 2. The Morgan fingerprint density at radius 1 is 1.30 bits per heavy atom. The van der Waals surface area contributed by atoms with Crippen molar-refractivity contribution in [1.82, 2.24) is 9.80 Å². The number of aliphatic hydroxyl groups is 1. The zero-order chi connectivity index (χ0) is 14.7. The Labute approximate surface area is 119 Å². The lowest BCUT2D eigenvalue weighted by Gasteiger charge is -2.39. The number of carboxylic acids is 1. The largest absolute Gasteiger partial charge is 0.481 e. The van der Waals surface area contributed by atoms with E-state index in [0.29, 0.717) is 26.1 Å². The number of hydrogen-bond donors (Lipinski definition) is 2. The fourth-order valence-electron chi connectivity index (χ4n) is 3.00. The van der Waals surface area contributed by atoms with Gasteiger partial charge >= 0.3 is 12.0 Å². The lowest BCUT2D eigenvalue weighted by molar-refractivity contribution is -0.142. The van der Waals surface area contributed by atoms with E-state index in [4.69, 9.17) is 10.2 Å². The van der Waals surface area contributed by atoms with Crippen LogP contribution in [-0.2, 0) is 4.79 Å². The molecule has 1 aliphatic carbocycles. The summed E-state index contributed by atoms with van der Waals surface area (Å²) in [5, 5.41) is 18.1. The molecule has 1 heterocycles. The van der Waals surface area contributed by atoms with Crippen molar-refractivity contribution < 1.29 is 19.8 Å². The second-order valence-corrected chi connectivity index (χ2v) is 5.96. The summed E-state index contributed by atoms with van der Waals surface area (Å²) in [5.74, 6) is -1.28. The summed E-state index contributed by atoms with van der Waals surface area (Å²) in [6, 6.07) is 0.215. The Morgan fingerprint density at radius 3 is 2.45 bits per heavy atom. The van der Waals surface area contributed by atoms with E-state index in [2.05, 4.69) is 0 Å². The molecule has 0 unspecified atom stereocenters. The zero-order valence-corrected chi connectivity index (χ0v) is 12.0. The molecule has 0 aromatic heterocycles. The lowest BCUT2D eigenvalue weighted by atomic mass is 9.91. The maximum Gasteiger partial charge on any atom is 0.320 e. The second-order valence-electron chi connectivity index (χ2n) is 5.96. The quantitative estimate of drug-likeness (QED) is 0.789. The molecular formula is C14H24N2O4. The first-order valence-corrected chi connectivity index (χ1v) is 7.43. The lowest BCUT2D eigenvalue weighted by Crippen LogP contribution is -2.50. The van der Waals surface area contributed by atoms with Crippen LogP contribution in [0.25, 0.3) is 0 Å². The molecule has 0 radical (unpaired) electrons. The highest BCUT2D eigenvalue weighted by Gasteiger charge is 2.40. The molecule has 2 aliphatic rings. The highest BCUT2D eigenvalue weighted by atomic mass is 16.4. The molecule has 2 fully saturated rings. The number of rotatable bonds is 5. The summed E-state index contributed by atoms with van der Waals surface area (Å²) in [5.41, 5.74) is 0. The van der Waals surface area contributed by atoms with Gasteiger partial charge in [0.2, 0.25) is 0 Å². The van der Waals surface area contributed by atoms with E-state index in [-0.39, 0.29) is 24.6 Å². The van der Waals surface area contributed by atoms with E-state index >= 15 is 0 Å². The molecule has 6 nitrogen and oxygen atoms in total. The van der Waals surface area contributed by atoms with Gasteiger partial charge in [-0.15, -0.1) is 0 Å². The molecule has 114 valence electrons. The third-order valence-electron chi connectivity index (χ3n) is 4.52. The average molecular weight is 284 g/mol. The number of urea groups is 1. The van der Waals surface area contributed by atoms with Gasteiger partial charge < -0.3 is 20.0 Å². The number of carbonyl (C=O) groups excluding carboxylic acids is 1. The van der Waals surface area contributed by atoms with E-state index < -0.39 is 11.9 Å². The van der Waals surface area contributed by atoms with Gasteiger partial charge in [0.1, 0.15) is 0 Å². The molecule has 6 heteroatoms. The molecule has 0 spiro atoms. The molecule has 0 aromatic rings. The average Bonchev–Trinajstić information content (AvgIpc) is 2.73. The van der Waals surface area contributed by atoms with Crippen LogP contribution in [0.5, 0.6) is 0 Å². The molecule has 1 aliphatic heterocycles. The first-order valence-electron chi connectivity index (χ1n) is 7.43. The first kappa shape index (κ1) is 15.1. The normalized spacial score (nSPS) is 26.4. The van der Waals surface area contributed by atoms with Crippen LogP contribution < -0.4 is 0 Å². The van der Waals surface area contributed by atoms with Crippen molar-refractivity contribution in [3.63, 3.8) is 0 Å². The van der Waals surface area contributed by atoms with Gasteiger partial charge in [-0.1, -0.05) is 6.92 Å². The molecule has 2 rings (SSSR count). The van der Waals surface area contributed by atoms with Crippen molar-refractivity contribution in [3.05, 3.63) is 0 Å². The summed E-state index contributed by atoms with van der Waals surface area (Å²) in [6.45, 7) is 3.33. The highest BCUT2D eigenvalue weighted by Crippen LogP contribution is 2.29. The van der Waals surface area contributed by atoms with Gasteiger partial charge in [0.25, 0.3) is 0 Å². The minimum absolute atomic E-state index is 0.00228. The van der Waals surface area contributed by atoms with Crippen molar-refractivity contribution >= 4 is 12.0 Å². The van der Waals surface area contributed by atoms with Crippen LogP contribution in [0.15, 0.2) is 0 Å². The van der Waals surface area contributed by atoms with E-state index in [1.165, 1.54) is 0 Å². The number of aliphatic hydroxyl groups excluding tert-OH is 1. The third kappa shape index (κ3) is 3.06. The number of carbonyl (C=O) groups is 2. The number of likely N-dealkylation sites (tertiary alicyclic amines) is 1. The van der Waals surface area contributed by atoms with Crippen molar-refractivity contribution in [2.75, 3.05) is 26.2 Å². The van der Waals surface area contributed by atoms with Gasteiger partial charge in [-0.05, 0) is 31.6 Å². The summed E-state index contributed by atoms with van der Waals surface area (Å²) in [4.78, 5) is 27.2. The van der Waals surface area contributed by atoms with Crippen LogP contribution in [0.4, 0.5) is 4.79 Å². The number of aliphatic carboxylic acids is 1. The van der Waals surface area contributed by atoms with Gasteiger partial charge in [0.05, 0.1) is 5.92 Å². The first-order chi connectivity index (χ1) is 9.54. The number of amides is 2. The van der Waals surface area contributed by atoms with E-state index in [0.717, 1.165) is 19.3 Å². The SMILES string of the molecule is C[C@@H]1CN(C(=O)N(CCCO)C2CCC2)C[C@H]1C(=O)O. The molecule has 2 N–H and O–H groups in total. The Kier molecular flexibility index (Phi) is 4.86. The van der Waals surface area contributed by atoms with E-state index in [9.17, 15) is 9.59 Å². The van der Waals surface area contributed by atoms with Crippen LogP contribution in [0, 0.1) is 11.8 Å². The summed E-state index contributed by atoms with van der Waals surface area (Å²) < 4.78 is 0. The maximum absolute atomic E-state index is 12.6. The minimum Gasteiger partial charge on any atom is -0.481 e. The molecule has 0 bridgehead atoms. The van der Waals surface area contributed by atoms with Crippen molar-refractivity contribution in [3.8, 4) is 0 Å². The molecule has 2 atom stereocenters. The molecule has 1 saturated heterocycles. The maximum atomic E-state index is 12.6. The molecule has 1 saturated carbocycles. The van der Waals surface area contributed by atoms with Gasteiger partial charge in [0, 0.05) is 32.3 Å². The van der Waals surface area contributed by atoms with Gasteiger partial charge in [0.15, 0.2) is 0 Å². The molecule has 0 aromatic carbocycles. The Hall–Kier alpha value is -1.30. The zero-order valence-electron chi connectivity index (χ0n) is 12.0. The second kappa shape index (κ2) is 6.43. The summed E-state index contributed by atoms with van der Waals surface area (Å²) in [6.07, 6.45) is 3.75. The summed E-state index contributed by atoms with van der Waals surface area (Å²) >= 11 is 0. The molecular weight excluding hydrogens is 260 g/mol. The Bertz CT molecular complexity index is 370. The summed E-state index contributed by atoms with van der Waals surface area (Å²) in [7, 11) is 0. The fourth-order valence-corrected chi connectivity index (χ4v) is 3.00. The van der Waals surface area contributed by atoms with Crippen LogP contribution in [0.2, 0.25) is 0 Å². The predicted molar refractivity (Wildman–Crippen MR) is 73.3 cm³/mol. The number of carboxylic acid groups (broad SMARTS) is 1. The van der Waals surface area contributed by atoms with Gasteiger partial charge in [-0.25, -0.2) is 4.79 Å². The Morgan fingerprint density at radius 2 is 2.00 bits per heavy atom. The van der Waals surface area contributed by atoms with Crippen molar-refractivity contribution in [1.29, 1.82) is 0 Å². The topological polar surface area (TPSA) is 81.1 Å². The van der Waals surface area contributed by atoms with Crippen LogP contribution >= 0.6 is 0 Å². The fraction of sp³-hybridized carbons (Fsp3) is 0.857. The van der Waals surface area contributed by atoms with E-state index in [1.807, 2.05) is 11.8 Å². The van der Waals surface area contributed by atoms with Gasteiger partial charge in [-0.2, -0.15) is 0 Å².